The molecule has 3 rings (SSSR count). The van der Waals surface area contributed by atoms with Gasteiger partial charge in [-0.15, -0.1) is 11.3 Å². The van der Waals surface area contributed by atoms with E-state index in [1.54, 1.807) is 13.2 Å². The minimum absolute atomic E-state index is 0.178. The van der Waals surface area contributed by atoms with Crippen LogP contribution in [0.2, 0.25) is 5.02 Å². The van der Waals surface area contributed by atoms with Gasteiger partial charge < -0.3 is 14.8 Å². The van der Waals surface area contributed by atoms with Crippen LogP contribution in [0.15, 0.2) is 54.6 Å². The van der Waals surface area contributed by atoms with Crippen LogP contribution in [0, 0.1) is 0 Å². The van der Waals surface area contributed by atoms with Gasteiger partial charge in [0.2, 0.25) is 0 Å². The first-order chi connectivity index (χ1) is 13.9. The highest BCUT2D eigenvalue weighted by molar-refractivity contribution is 7.80. The number of rotatable bonds is 6. The Balaban J connectivity index is 1.64. The quantitative estimate of drug-likeness (QED) is 0.378. The third-order valence-electron chi connectivity index (χ3n) is 3.87. The molecule has 1 heterocycles. The van der Waals surface area contributed by atoms with Crippen molar-refractivity contribution in [2.45, 2.75) is 6.92 Å². The Morgan fingerprint density at radius 1 is 1.21 bits per heavy atom. The van der Waals surface area contributed by atoms with Crippen molar-refractivity contribution in [1.82, 2.24) is 5.32 Å². The van der Waals surface area contributed by atoms with Crippen LogP contribution >= 0.6 is 35.2 Å². The molecule has 0 aliphatic rings. The van der Waals surface area contributed by atoms with Crippen molar-refractivity contribution in [3.8, 4) is 11.5 Å². The smallest absolute Gasteiger partial charge is 0.269 e. The van der Waals surface area contributed by atoms with E-state index < -0.39 is 0 Å². The second kappa shape index (κ2) is 9.26. The fourth-order valence-electron chi connectivity index (χ4n) is 2.48. The second-order valence-electron chi connectivity index (χ2n) is 6.29. The zero-order valence-electron chi connectivity index (χ0n) is 15.9. The number of fused-ring (bicyclic) bond motifs is 1. The lowest BCUT2D eigenvalue weighted by Gasteiger charge is -2.10. The van der Waals surface area contributed by atoms with E-state index in [1.165, 1.54) is 11.3 Å². The van der Waals surface area contributed by atoms with Crippen LogP contribution in [-0.2, 0) is 0 Å². The summed E-state index contributed by atoms with van der Waals surface area (Å²) in [5.41, 5.74) is 1.67. The Hall–Kier alpha value is -2.61. The van der Waals surface area contributed by atoms with Crippen LogP contribution in [0.5, 0.6) is 11.5 Å². The summed E-state index contributed by atoms with van der Waals surface area (Å²) in [5.74, 6) is 1.06. The standard InChI is InChI=1S/C21H19ClN2O3S2/c1-12(2)11-27-14-6-4-13(5-7-14)23-21(28)24-20(25)19-18(22)16-9-8-15(26-3)10-17(16)29-19/h4-10H,1,11H2,2-3H3,(H2,23,24,25,28). The van der Waals surface area contributed by atoms with Gasteiger partial charge in [-0.05, 0) is 67.2 Å². The van der Waals surface area contributed by atoms with Gasteiger partial charge in [0.15, 0.2) is 5.11 Å². The van der Waals surface area contributed by atoms with Crippen LogP contribution in [0.3, 0.4) is 0 Å². The molecule has 0 aliphatic heterocycles. The van der Waals surface area contributed by atoms with Crippen LogP contribution < -0.4 is 20.1 Å². The number of hydrogen-bond acceptors (Lipinski definition) is 5. The van der Waals surface area contributed by atoms with Gasteiger partial charge in [0.25, 0.3) is 5.91 Å². The summed E-state index contributed by atoms with van der Waals surface area (Å²) < 4.78 is 11.6. The number of amides is 1. The average Bonchev–Trinajstić information content (AvgIpc) is 3.03. The molecule has 0 bridgehead atoms. The summed E-state index contributed by atoms with van der Waals surface area (Å²) in [7, 11) is 1.59. The molecule has 29 heavy (non-hydrogen) atoms. The predicted octanol–water partition coefficient (Wildman–Crippen LogP) is 5.65. The molecule has 2 N–H and O–H groups in total. The molecule has 0 fully saturated rings. The first kappa shape index (κ1) is 21.1. The van der Waals surface area contributed by atoms with Gasteiger partial charge in [-0.3, -0.25) is 10.1 Å². The number of halogens is 1. The molecule has 0 saturated carbocycles. The van der Waals surface area contributed by atoms with E-state index in [-0.39, 0.29) is 11.0 Å². The number of carbonyl (C=O) groups is 1. The molecule has 0 radical (unpaired) electrons. The Labute approximate surface area is 183 Å². The average molecular weight is 447 g/mol. The minimum atomic E-state index is -0.367. The second-order valence-corrected chi connectivity index (χ2v) is 8.12. The van der Waals surface area contributed by atoms with Crippen LogP contribution in [0.1, 0.15) is 16.6 Å². The molecule has 0 saturated heterocycles. The molecule has 2 aromatic carbocycles. The Bertz CT molecular complexity index is 1080. The number of thiocarbonyl (C=S) groups is 1. The SMILES string of the molecule is C=C(C)COc1ccc(NC(=S)NC(=O)c2sc3cc(OC)ccc3c2Cl)cc1. The maximum absolute atomic E-state index is 12.6. The number of carbonyl (C=O) groups excluding carboxylic acids is 1. The molecule has 1 aromatic heterocycles. The number of anilines is 1. The highest BCUT2D eigenvalue weighted by atomic mass is 35.5. The van der Waals surface area contributed by atoms with Gasteiger partial charge in [-0.25, -0.2) is 0 Å². The van der Waals surface area contributed by atoms with E-state index in [9.17, 15) is 4.79 Å². The minimum Gasteiger partial charge on any atom is -0.497 e. The molecule has 0 unspecified atom stereocenters. The molecule has 150 valence electrons. The normalized spacial score (nSPS) is 10.4. The largest absolute Gasteiger partial charge is 0.497 e. The summed E-state index contributed by atoms with van der Waals surface area (Å²) >= 11 is 12.9. The van der Waals surface area contributed by atoms with Crippen molar-refractivity contribution in [3.05, 3.63) is 64.5 Å². The van der Waals surface area contributed by atoms with Gasteiger partial charge in [0.05, 0.1) is 12.1 Å². The van der Waals surface area contributed by atoms with Gasteiger partial charge in [-0.1, -0.05) is 18.2 Å². The molecule has 1 amide bonds. The highest BCUT2D eigenvalue weighted by Gasteiger charge is 2.18. The fourth-order valence-corrected chi connectivity index (χ4v) is 4.13. The summed E-state index contributed by atoms with van der Waals surface area (Å²) in [4.78, 5) is 13.0. The van der Waals surface area contributed by atoms with E-state index in [0.29, 0.717) is 22.3 Å². The van der Waals surface area contributed by atoms with Gasteiger partial charge >= 0.3 is 0 Å². The van der Waals surface area contributed by atoms with Crippen molar-refractivity contribution in [3.63, 3.8) is 0 Å². The third-order valence-corrected chi connectivity index (χ3v) is 5.73. The highest BCUT2D eigenvalue weighted by Crippen LogP contribution is 2.37. The van der Waals surface area contributed by atoms with Gasteiger partial charge in [-0.2, -0.15) is 0 Å². The Morgan fingerprint density at radius 2 is 1.90 bits per heavy atom. The van der Waals surface area contributed by atoms with E-state index in [2.05, 4.69) is 17.2 Å². The van der Waals surface area contributed by atoms with Gasteiger partial charge in [0, 0.05) is 15.8 Å². The van der Waals surface area contributed by atoms with Crippen molar-refractivity contribution in [2.24, 2.45) is 0 Å². The lowest BCUT2D eigenvalue weighted by molar-refractivity contribution is 0.0982. The maximum atomic E-state index is 12.6. The summed E-state index contributed by atoms with van der Waals surface area (Å²) in [6.45, 7) is 6.16. The van der Waals surface area contributed by atoms with Gasteiger partial charge in [0.1, 0.15) is 23.0 Å². The van der Waals surface area contributed by atoms with Crippen molar-refractivity contribution >= 4 is 61.9 Å². The molecule has 5 nitrogen and oxygen atoms in total. The zero-order chi connectivity index (χ0) is 21.0. The number of benzene rings is 2. The lowest BCUT2D eigenvalue weighted by atomic mass is 10.2. The number of methoxy groups -OCH3 is 1. The number of ether oxygens (including phenoxy) is 2. The molecule has 0 spiro atoms. The number of hydrogen-bond donors (Lipinski definition) is 2. The molecular formula is C21H19ClN2O3S2. The summed E-state index contributed by atoms with van der Waals surface area (Å²) in [5, 5.41) is 7.01. The van der Waals surface area contributed by atoms with E-state index >= 15 is 0 Å². The molecule has 8 heteroatoms. The van der Waals surface area contributed by atoms with Crippen LogP contribution in [0.4, 0.5) is 5.69 Å². The van der Waals surface area contributed by atoms with E-state index in [1.807, 2.05) is 43.3 Å². The summed E-state index contributed by atoms with van der Waals surface area (Å²) in [6.07, 6.45) is 0. The maximum Gasteiger partial charge on any atom is 0.269 e. The lowest BCUT2D eigenvalue weighted by Crippen LogP contribution is -2.33. The predicted molar refractivity (Wildman–Crippen MR) is 124 cm³/mol. The van der Waals surface area contributed by atoms with Crippen molar-refractivity contribution in [2.75, 3.05) is 19.0 Å². The zero-order valence-corrected chi connectivity index (χ0v) is 18.3. The van der Waals surface area contributed by atoms with Crippen molar-refractivity contribution in [1.29, 1.82) is 0 Å². The Morgan fingerprint density at radius 3 is 2.55 bits per heavy atom. The summed E-state index contributed by atoms with van der Waals surface area (Å²) in [6, 6.07) is 12.7. The molecule has 0 aliphatic carbocycles. The van der Waals surface area contributed by atoms with Crippen molar-refractivity contribution < 1.29 is 14.3 Å². The first-order valence-electron chi connectivity index (χ1n) is 8.63. The van der Waals surface area contributed by atoms with E-state index in [0.717, 1.165) is 27.1 Å². The first-order valence-corrected chi connectivity index (χ1v) is 10.2. The third kappa shape index (κ3) is 5.26. The molecular weight excluding hydrogens is 428 g/mol. The molecule has 3 aromatic rings. The van der Waals surface area contributed by atoms with Crippen LogP contribution in [0.25, 0.3) is 10.1 Å². The van der Waals surface area contributed by atoms with Crippen LogP contribution in [-0.4, -0.2) is 24.7 Å². The van der Waals surface area contributed by atoms with E-state index in [4.69, 9.17) is 33.3 Å². The number of nitrogens with one attached hydrogen (secondary N) is 2. The topological polar surface area (TPSA) is 59.6 Å². The fraction of sp³-hybridized carbons (Fsp3) is 0.143. The monoisotopic (exact) mass is 446 g/mol. The number of thiophene rings is 1. The Kier molecular flexibility index (Phi) is 6.74. The molecule has 0 atom stereocenters.